The molecule has 0 aliphatic carbocycles. The molecule has 190 valence electrons. The number of nitrogens with one attached hydrogen (secondary N) is 3. The van der Waals surface area contributed by atoms with Crippen LogP contribution in [0.3, 0.4) is 0 Å². The van der Waals surface area contributed by atoms with Crippen LogP contribution in [0.2, 0.25) is 0 Å². The summed E-state index contributed by atoms with van der Waals surface area (Å²) in [6.45, 7) is 1.32. The molecule has 1 unspecified atom stereocenters. The van der Waals surface area contributed by atoms with Crippen LogP contribution in [0.5, 0.6) is 0 Å². The van der Waals surface area contributed by atoms with Crippen LogP contribution in [0.4, 0.5) is 5.69 Å². The number of nitrogens with zero attached hydrogens (tertiary/aromatic N) is 1. The van der Waals surface area contributed by atoms with Crippen LogP contribution in [-0.4, -0.2) is 63.8 Å². The van der Waals surface area contributed by atoms with Crippen LogP contribution < -0.4 is 21.1 Å². The number of primary sulfonamides is 1. The van der Waals surface area contributed by atoms with Crippen molar-refractivity contribution in [2.45, 2.75) is 23.8 Å². The van der Waals surface area contributed by atoms with Gasteiger partial charge >= 0.3 is 0 Å². The summed E-state index contributed by atoms with van der Waals surface area (Å²) in [5.41, 5.74) is 1.44. The van der Waals surface area contributed by atoms with Crippen molar-refractivity contribution in [3.05, 3.63) is 59.9 Å². The monoisotopic (exact) mass is 513 g/mol. The third kappa shape index (κ3) is 6.08. The third-order valence-corrected chi connectivity index (χ3v) is 6.83. The van der Waals surface area contributed by atoms with E-state index in [1.54, 1.807) is 31.3 Å². The van der Waals surface area contributed by atoms with Crippen molar-refractivity contribution in [2.75, 3.05) is 32.0 Å². The Morgan fingerprint density at radius 1 is 1.08 bits per heavy atom. The first-order valence-corrected chi connectivity index (χ1v) is 12.9. The molecule has 11 nitrogen and oxygen atoms in total. The van der Waals surface area contributed by atoms with Gasteiger partial charge in [-0.1, -0.05) is 0 Å². The fourth-order valence-electron chi connectivity index (χ4n) is 4.15. The zero-order chi connectivity index (χ0) is 25.9. The highest BCUT2D eigenvalue weighted by molar-refractivity contribution is 7.89. The normalized spacial score (nSPS) is 16.4. The molecule has 5 N–H and O–H groups in total. The maximum absolute atomic E-state index is 12.8. The fourth-order valence-corrected chi connectivity index (χ4v) is 4.66. The molecule has 0 spiro atoms. The summed E-state index contributed by atoms with van der Waals surface area (Å²) in [5, 5.41) is 14.0. The predicted molar refractivity (Wildman–Crippen MR) is 133 cm³/mol. The summed E-state index contributed by atoms with van der Waals surface area (Å²) >= 11 is 0. The summed E-state index contributed by atoms with van der Waals surface area (Å²) in [7, 11) is -2.25. The Bertz CT molecular complexity index is 1400. The number of carbonyl (C=O) groups excluding carboxylic acids is 3. The molecule has 3 amide bonds. The smallest absolute Gasteiger partial charge is 0.287 e. The van der Waals surface area contributed by atoms with Gasteiger partial charge in [0.1, 0.15) is 5.58 Å². The van der Waals surface area contributed by atoms with Crippen LogP contribution in [0, 0.1) is 0 Å². The quantitative estimate of drug-likeness (QED) is 0.369. The Hall–Kier alpha value is -3.74. The predicted octanol–water partition coefficient (Wildman–Crippen LogP) is 1.27. The molecule has 12 heteroatoms. The summed E-state index contributed by atoms with van der Waals surface area (Å²) in [4.78, 5) is 39.0. The Balaban J connectivity index is 1.32. The number of rotatable bonds is 7. The molecule has 1 fully saturated rings. The van der Waals surface area contributed by atoms with Gasteiger partial charge in [0.15, 0.2) is 5.76 Å². The molecule has 0 saturated carbocycles. The molecule has 1 atom stereocenters. The lowest BCUT2D eigenvalue weighted by atomic mass is 10.1. The van der Waals surface area contributed by atoms with E-state index in [0.29, 0.717) is 35.3 Å². The topological polar surface area (TPSA) is 164 Å². The number of anilines is 1. The molecule has 2 heterocycles. The van der Waals surface area contributed by atoms with Crippen molar-refractivity contribution in [2.24, 2.45) is 5.14 Å². The van der Waals surface area contributed by atoms with E-state index < -0.39 is 10.0 Å². The number of hydrogen-bond donors (Lipinski definition) is 4. The molecule has 1 aromatic heterocycles. The number of nitrogens with two attached hydrogens (primary N) is 1. The standard InChI is InChI=1S/C24H27N5O6S/c1-26-23(31)15-4-9-20-16(11-15)12-21(35-20)24(32)28-18-3-2-10-29(13-18)14-22(30)27-17-5-7-19(8-6-17)36(25,33)34/h4-9,11-12,18H,2-3,10,13-14H2,1H3,(H,26,31)(H,27,30)(H,28,32)(H2,25,33,34). The average molecular weight is 514 g/mol. The number of furan rings is 1. The zero-order valence-corrected chi connectivity index (χ0v) is 20.4. The molecule has 2 aromatic carbocycles. The number of hydrogen-bond acceptors (Lipinski definition) is 7. The van der Waals surface area contributed by atoms with Crippen LogP contribution in [0.25, 0.3) is 11.0 Å². The fraction of sp³-hybridized carbons (Fsp3) is 0.292. The van der Waals surface area contributed by atoms with Crippen molar-refractivity contribution in [3.8, 4) is 0 Å². The Morgan fingerprint density at radius 2 is 1.83 bits per heavy atom. The van der Waals surface area contributed by atoms with E-state index in [4.69, 9.17) is 9.56 Å². The number of carbonyl (C=O) groups is 3. The molecule has 1 aliphatic rings. The highest BCUT2D eigenvalue weighted by atomic mass is 32.2. The minimum atomic E-state index is -3.80. The summed E-state index contributed by atoms with van der Waals surface area (Å²) < 4.78 is 28.4. The largest absolute Gasteiger partial charge is 0.451 e. The maximum atomic E-state index is 12.8. The number of piperidine rings is 1. The lowest BCUT2D eigenvalue weighted by Gasteiger charge is -2.32. The van der Waals surface area contributed by atoms with E-state index in [1.807, 2.05) is 4.90 Å². The number of sulfonamides is 1. The van der Waals surface area contributed by atoms with Crippen LogP contribution in [0.15, 0.2) is 57.8 Å². The van der Waals surface area contributed by atoms with Gasteiger partial charge in [0, 0.05) is 36.3 Å². The zero-order valence-electron chi connectivity index (χ0n) is 19.6. The third-order valence-electron chi connectivity index (χ3n) is 5.90. The highest BCUT2D eigenvalue weighted by Crippen LogP contribution is 2.22. The number of likely N-dealkylation sites (tertiary alicyclic amines) is 1. The SMILES string of the molecule is CNC(=O)c1ccc2oc(C(=O)NC3CCCN(CC(=O)Nc4ccc(S(N)(=O)=O)cc4)C3)cc2c1. The Morgan fingerprint density at radius 3 is 2.53 bits per heavy atom. The Labute approximate surface area is 208 Å². The number of benzene rings is 2. The van der Waals surface area contributed by atoms with E-state index in [9.17, 15) is 22.8 Å². The average Bonchev–Trinajstić information content (AvgIpc) is 3.27. The van der Waals surface area contributed by atoms with E-state index >= 15 is 0 Å². The number of amides is 3. The van der Waals surface area contributed by atoms with Crippen LogP contribution >= 0.6 is 0 Å². The van der Waals surface area contributed by atoms with Crippen LogP contribution in [0.1, 0.15) is 33.8 Å². The molecule has 0 bridgehead atoms. The second-order valence-electron chi connectivity index (χ2n) is 8.61. The van der Waals surface area contributed by atoms with E-state index in [2.05, 4.69) is 16.0 Å². The van der Waals surface area contributed by atoms with Gasteiger partial charge in [-0.05, 0) is 67.9 Å². The van der Waals surface area contributed by atoms with E-state index in [-0.39, 0.29) is 41.0 Å². The van der Waals surface area contributed by atoms with E-state index in [0.717, 1.165) is 12.8 Å². The molecule has 36 heavy (non-hydrogen) atoms. The van der Waals surface area contributed by atoms with Gasteiger partial charge in [0.2, 0.25) is 15.9 Å². The first-order chi connectivity index (χ1) is 17.1. The maximum Gasteiger partial charge on any atom is 0.287 e. The minimum Gasteiger partial charge on any atom is -0.451 e. The molecule has 3 aromatic rings. The summed E-state index contributed by atoms with van der Waals surface area (Å²) in [5.74, 6) is -0.693. The lowest BCUT2D eigenvalue weighted by Crippen LogP contribution is -2.49. The molecule has 1 saturated heterocycles. The van der Waals surface area contributed by atoms with Crippen molar-refractivity contribution in [1.29, 1.82) is 0 Å². The van der Waals surface area contributed by atoms with Crippen molar-refractivity contribution in [3.63, 3.8) is 0 Å². The molecule has 1 aliphatic heterocycles. The van der Waals surface area contributed by atoms with Gasteiger partial charge in [-0.25, -0.2) is 13.6 Å². The minimum absolute atomic E-state index is 0.0357. The van der Waals surface area contributed by atoms with Crippen molar-refractivity contribution in [1.82, 2.24) is 15.5 Å². The van der Waals surface area contributed by atoms with Crippen molar-refractivity contribution >= 4 is 44.4 Å². The molecular formula is C24H27N5O6S. The van der Waals surface area contributed by atoms with E-state index in [1.165, 1.54) is 24.3 Å². The summed E-state index contributed by atoms with van der Waals surface area (Å²) in [6, 6.07) is 12.0. The van der Waals surface area contributed by atoms with Gasteiger partial charge in [0.25, 0.3) is 11.8 Å². The molecule has 0 radical (unpaired) electrons. The second-order valence-corrected chi connectivity index (χ2v) is 10.2. The highest BCUT2D eigenvalue weighted by Gasteiger charge is 2.24. The first-order valence-electron chi connectivity index (χ1n) is 11.3. The molecular weight excluding hydrogens is 486 g/mol. The van der Waals surface area contributed by atoms with Gasteiger partial charge in [0.05, 0.1) is 11.4 Å². The second kappa shape index (κ2) is 10.5. The van der Waals surface area contributed by atoms with Crippen LogP contribution in [-0.2, 0) is 14.8 Å². The van der Waals surface area contributed by atoms with Gasteiger partial charge in [-0.2, -0.15) is 0 Å². The van der Waals surface area contributed by atoms with Gasteiger partial charge < -0.3 is 20.4 Å². The molecule has 4 rings (SSSR count). The lowest BCUT2D eigenvalue weighted by molar-refractivity contribution is -0.117. The Kier molecular flexibility index (Phi) is 7.38. The summed E-state index contributed by atoms with van der Waals surface area (Å²) in [6.07, 6.45) is 1.57. The van der Waals surface area contributed by atoms with Gasteiger partial charge in [-0.3, -0.25) is 19.3 Å². The first kappa shape index (κ1) is 25.4. The number of fused-ring (bicyclic) bond motifs is 1. The van der Waals surface area contributed by atoms with Gasteiger partial charge in [-0.15, -0.1) is 0 Å². The van der Waals surface area contributed by atoms with Crippen molar-refractivity contribution < 1.29 is 27.2 Å².